The third-order valence-corrected chi connectivity index (χ3v) is 7.29. The van der Waals surface area contributed by atoms with E-state index in [1.165, 1.54) is 45.6 Å². The van der Waals surface area contributed by atoms with Gasteiger partial charge in [-0.05, 0) is 56.2 Å². The van der Waals surface area contributed by atoms with E-state index in [0.717, 1.165) is 46.6 Å². The summed E-state index contributed by atoms with van der Waals surface area (Å²) in [6, 6.07) is 4.02. The minimum Gasteiger partial charge on any atom is -0.304 e. The molecule has 1 saturated heterocycles. The van der Waals surface area contributed by atoms with Gasteiger partial charge in [0.25, 0.3) is 0 Å². The molecule has 4 heterocycles. The third-order valence-electron chi connectivity index (χ3n) is 7.29. The van der Waals surface area contributed by atoms with E-state index in [4.69, 9.17) is 0 Å². The minimum absolute atomic E-state index is 0.179. The summed E-state index contributed by atoms with van der Waals surface area (Å²) >= 11 is 0. The van der Waals surface area contributed by atoms with Crippen LogP contribution in [0.15, 0.2) is 30.7 Å². The molecule has 2 fully saturated rings. The van der Waals surface area contributed by atoms with Crippen molar-refractivity contribution < 1.29 is 4.79 Å². The van der Waals surface area contributed by atoms with E-state index in [-0.39, 0.29) is 5.92 Å². The first-order valence-corrected chi connectivity index (χ1v) is 12.1. The summed E-state index contributed by atoms with van der Waals surface area (Å²) in [6.07, 6.45) is 10.3. The van der Waals surface area contributed by atoms with Crippen molar-refractivity contribution in [3.8, 4) is 11.4 Å². The zero-order valence-corrected chi connectivity index (χ0v) is 19.7. The summed E-state index contributed by atoms with van der Waals surface area (Å²) in [7, 11) is 4.04. The van der Waals surface area contributed by atoms with Gasteiger partial charge in [0.15, 0.2) is 0 Å². The Hall–Kier alpha value is -2.71. The highest BCUT2D eigenvalue weighted by Crippen LogP contribution is 2.31. The van der Waals surface area contributed by atoms with Crippen LogP contribution in [-0.2, 0) is 18.3 Å². The van der Waals surface area contributed by atoms with Gasteiger partial charge in [-0.2, -0.15) is 0 Å². The highest BCUT2D eigenvalue weighted by atomic mass is 16.1. The van der Waals surface area contributed by atoms with Gasteiger partial charge in [0.05, 0.1) is 11.9 Å². The number of carbonyl (C=O) groups is 1. The van der Waals surface area contributed by atoms with Crippen LogP contribution in [0.2, 0.25) is 0 Å². The van der Waals surface area contributed by atoms with Crippen molar-refractivity contribution in [1.82, 2.24) is 34.8 Å². The Morgan fingerprint density at radius 3 is 2.42 bits per heavy atom. The molecule has 0 N–H and O–H groups in total. The van der Waals surface area contributed by atoms with Crippen LogP contribution in [0.25, 0.3) is 22.2 Å². The van der Waals surface area contributed by atoms with Gasteiger partial charge in [0.1, 0.15) is 11.5 Å². The molecular weight excluding hydrogens is 414 g/mol. The van der Waals surface area contributed by atoms with E-state index in [2.05, 4.69) is 37.1 Å². The minimum atomic E-state index is 0.179. The first-order valence-electron chi connectivity index (χ1n) is 12.1. The maximum Gasteiger partial charge on any atom is 0.141 e. The number of aromatic nitrogens is 5. The molecule has 3 aromatic heterocycles. The Bertz CT molecular complexity index is 1110. The van der Waals surface area contributed by atoms with Gasteiger partial charge in [-0.1, -0.05) is 5.21 Å². The van der Waals surface area contributed by atoms with Gasteiger partial charge in [-0.25, -0.2) is 0 Å². The maximum absolute atomic E-state index is 13.0. The summed E-state index contributed by atoms with van der Waals surface area (Å²) in [5.41, 5.74) is 2.35. The molecule has 0 atom stereocenters. The van der Waals surface area contributed by atoms with Crippen molar-refractivity contribution in [3.63, 3.8) is 0 Å². The number of ketones is 1. The first kappa shape index (κ1) is 22.1. The second-order valence-electron chi connectivity index (χ2n) is 9.83. The topological polar surface area (TPSA) is 80.0 Å². The second kappa shape index (κ2) is 9.65. The van der Waals surface area contributed by atoms with Crippen molar-refractivity contribution in [3.05, 3.63) is 36.4 Å². The molecule has 5 rings (SSSR count). The Kier molecular flexibility index (Phi) is 6.46. The molecule has 0 spiro atoms. The van der Waals surface area contributed by atoms with Crippen LogP contribution in [0, 0.1) is 11.8 Å². The monoisotopic (exact) mass is 447 g/mol. The average Bonchev–Trinajstić information content (AvgIpc) is 3.27. The van der Waals surface area contributed by atoms with Crippen molar-refractivity contribution >= 4 is 16.6 Å². The molecule has 0 aromatic carbocycles. The normalized spacial score (nSPS) is 22.6. The van der Waals surface area contributed by atoms with Gasteiger partial charge in [-0.15, -0.1) is 5.10 Å². The number of piperazine rings is 1. The van der Waals surface area contributed by atoms with E-state index in [0.29, 0.717) is 12.2 Å². The molecule has 174 valence electrons. The van der Waals surface area contributed by atoms with Gasteiger partial charge in [0.2, 0.25) is 0 Å². The van der Waals surface area contributed by atoms with Crippen molar-refractivity contribution in [2.45, 2.75) is 32.1 Å². The van der Waals surface area contributed by atoms with Crippen LogP contribution in [0.1, 0.15) is 31.4 Å². The summed E-state index contributed by atoms with van der Waals surface area (Å²) in [5, 5.41) is 10.1. The van der Waals surface area contributed by atoms with Crippen molar-refractivity contribution in [2.24, 2.45) is 18.9 Å². The van der Waals surface area contributed by atoms with Crippen LogP contribution in [0.4, 0.5) is 0 Å². The largest absolute Gasteiger partial charge is 0.304 e. The van der Waals surface area contributed by atoms with E-state index < -0.39 is 0 Å². The predicted molar refractivity (Wildman–Crippen MR) is 128 cm³/mol. The molecule has 2 aliphatic rings. The first-order chi connectivity index (χ1) is 16.0. The Morgan fingerprint density at radius 1 is 0.939 bits per heavy atom. The van der Waals surface area contributed by atoms with E-state index in [1.54, 1.807) is 10.9 Å². The number of rotatable bonds is 6. The number of nitrogens with zero attached hydrogens (tertiary/aromatic N) is 7. The van der Waals surface area contributed by atoms with Gasteiger partial charge in [-0.3, -0.25) is 19.4 Å². The fourth-order valence-corrected chi connectivity index (χ4v) is 5.17. The molecule has 8 heteroatoms. The van der Waals surface area contributed by atoms with Gasteiger partial charge >= 0.3 is 0 Å². The zero-order chi connectivity index (χ0) is 22.8. The molecule has 1 aliphatic carbocycles. The molecule has 8 nitrogen and oxygen atoms in total. The van der Waals surface area contributed by atoms with E-state index >= 15 is 0 Å². The third kappa shape index (κ3) is 5.28. The molecule has 0 bridgehead atoms. The summed E-state index contributed by atoms with van der Waals surface area (Å²) in [4.78, 5) is 27.1. The Morgan fingerprint density at radius 2 is 1.70 bits per heavy atom. The number of hydrogen-bond donors (Lipinski definition) is 0. The number of Topliss-reactive ketones (excluding diaryl/α,β-unsaturated/α-hetero) is 1. The summed E-state index contributed by atoms with van der Waals surface area (Å²) in [5.74, 6) is 1.25. The van der Waals surface area contributed by atoms with E-state index in [1.807, 2.05) is 31.6 Å². The lowest BCUT2D eigenvalue weighted by Crippen LogP contribution is -2.46. The van der Waals surface area contributed by atoms with Crippen molar-refractivity contribution in [1.29, 1.82) is 0 Å². The molecule has 0 radical (unpaired) electrons. The Labute approximate surface area is 195 Å². The maximum atomic E-state index is 13.0. The fraction of sp³-hybridized carbons (Fsp3) is 0.560. The van der Waals surface area contributed by atoms with E-state index in [9.17, 15) is 4.79 Å². The molecule has 3 aromatic rings. The number of fused-ring (bicyclic) bond motifs is 1. The Balaban J connectivity index is 1.18. The molecule has 33 heavy (non-hydrogen) atoms. The predicted octanol–water partition coefficient (Wildman–Crippen LogP) is 2.59. The number of pyridine rings is 2. The molecule has 1 saturated carbocycles. The fourth-order valence-electron chi connectivity index (χ4n) is 5.17. The molecule has 0 unspecified atom stereocenters. The van der Waals surface area contributed by atoms with Crippen LogP contribution in [0.3, 0.4) is 0 Å². The average molecular weight is 448 g/mol. The van der Waals surface area contributed by atoms with Gasteiger partial charge in [0, 0.05) is 75.6 Å². The lowest BCUT2D eigenvalue weighted by atomic mass is 9.79. The van der Waals surface area contributed by atoms with Gasteiger partial charge < -0.3 is 9.80 Å². The zero-order valence-electron chi connectivity index (χ0n) is 19.7. The quantitative estimate of drug-likeness (QED) is 0.575. The lowest BCUT2D eigenvalue weighted by Gasteiger charge is -2.36. The SMILES string of the molecule is CN1CCN(CC2CCC(C(=O)Cc3cc4cc(-c5cn(C)nn5)ncc4cn3)CC2)CC1. The highest BCUT2D eigenvalue weighted by Gasteiger charge is 2.28. The van der Waals surface area contributed by atoms with Crippen LogP contribution in [-0.4, -0.2) is 80.3 Å². The molecule has 1 aliphatic heterocycles. The molecule has 0 amide bonds. The number of likely N-dealkylation sites (N-methyl/N-ethyl adjacent to an activating group) is 1. The number of carbonyl (C=O) groups excluding carboxylic acids is 1. The second-order valence-corrected chi connectivity index (χ2v) is 9.83. The lowest BCUT2D eigenvalue weighted by molar-refractivity contribution is -0.123. The smallest absolute Gasteiger partial charge is 0.141 e. The number of aryl methyl sites for hydroxylation is 1. The molecular formula is C25H33N7O. The van der Waals surface area contributed by atoms with Crippen LogP contribution in [0.5, 0.6) is 0 Å². The summed E-state index contributed by atoms with van der Waals surface area (Å²) in [6.45, 7) is 5.89. The van der Waals surface area contributed by atoms with Crippen LogP contribution >= 0.6 is 0 Å². The summed E-state index contributed by atoms with van der Waals surface area (Å²) < 4.78 is 1.66. The van der Waals surface area contributed by atoms with Crippen LogP contribution < -0.4 is 0 Å². The highest BCUT2D eigenvalue weighted by molar-refractivity contribution is 5.87. The number of hydrogen-bond acceptors (Lipinski definition) is 7. The standard InChI is InChI=1S/C25H33N7O/c1-30-7-9-32(10-8-30)16-18-3-5-19(6-4-18)25(33)13-22-11-20-12-23(24-17-31(2)29-28-24)27-15-21(20)14-26-22/h11-12,14-15,17-19H,3-10,13,16H2,1-2H3. The van der Waals surface area contributed by atoms with Crippen molar-refractivity contribution in [2.75, 3.05) is 39.8 Å².